The minimum absolute atomic E-state index is 0. The number of unbranched alkanes of at least 4 members (excludes halogenated alkanes) is 14. The van der Waals surface area contributed by atoms with Crippen LogP contribution in [0.5, 0.6) is 0 Å². The number of nitrogens with zero attached hydrogens (tertiary/aromatic N) is 1. The fourth-order valence-electron chi connectivity index (χ4n) is 3.82. The molecule has 0 spiro atoms. The predicted octanol–water partition coefficient (Wildman–Crippen LogP) is 3.10. The summed E-state index contributed by atoms with van der Waals surface area (Å²) in [6.07, 6.45) is 21.3. The van der Waals surface area contributed by atoms with Crippen molar-refractivity contribution in [3.05, 3.63) is 0 Å². The zero-order valence-electron chi connectivity index (χ0n) is 19.8. The van der Waals surface area contributed by atoms with Crippen LogP contribution in [0.25, 0.3) is 0 Å². The molecule has 162 valence electrons. The predicted molar refractivity (Wildman–Crippen MR) is 116 cm³/mol. The number of hydrogen-bond acceptors (Lipinski definition) is 3. The van der Waals surface area contributed by atoms with Crippen molar-refractivity contribution < 1.29 is 61.3 Å². The Labute approximate surface area is 219 Å². The summed E-state index contributed by atoms with van der Waals surface area (Å²) in [6.45, 7) is 8.65. The van der Waals surface area contributed by atoms with E-state index in [-0.39, 0.29) is 63.8 Å². The molecule has 4 heteroatoms. The molecule has 0 saturated carbocycles. The summed E-state index contributed by atoms with van der Waals surface area (Å²) in [5.41, 5.74) is 0. The van der Waals surface area contributed by atoms with Crippen LogP contribution in [0.4, 0.5) is 0 Å². The van der Waals surface area contributed by atoms with E-state index < -0.39 is 5.97 Å². The molecule has 1 atom stereocenters. The van der Waals surface area contributed by atoms with Gasteiger partial charge in [0.1, 0.15) is 0 Å². The quantitative estimate of drug-likeness (QED) is 0.211. The largest absolute Gasteiger partial charge is 1.00 e. The fourth-order valence-corrected chi connectivity index (χ4v) is 3.82. The fraction of sp³-hybridized carbons (Fsp3) is 0.958. The third-order valence-electron chi connectivity index (χ3n) is 5.68. The first-order valence-corrected chi connectivity index (χ1v) is 12.1. The van der Waals surface area contributed by atoms with Crippen LogP contribution in [0.1, 0.15) is 130 Å². The molecule has 0 heterocycles. The van der Waals surface area contributed by atoms with Crippen molar-refractivity contribution in [2.75, 3.05) is 13.1 Å². The minimum Gasteiger partial charge on any atom is -0.550 e. The van der Waals surface area contributed by atoms with E-state index in [1.54, 1.807) is 0 Å². The molecular weight excluding hydrogens is 373 g/mol. The number of carboxylic acid groups (broad SMARTS) is 1. The monoisotopic (exact) mass is 421 g/mol. The van der Waals surface area contributed by atoms with E-state index >= 15 is 0 Å². The zero-order chi connectivity index (χ0) is 20.2. The van der Waals surface area contributed by atoms with Gasteiger partial charge in [0, 0.05) is 18.4 Å². The standard InChI is InChI=1S/C24H49NO2.K/c1-4-6-8-10-12-14-16-18-20-25(23(3)22-24(26)27)21-19-17-15-13-11-9-7-5-2;/h23H,4-22H2,1-3H3,(H,26,27);/q;+1/p-1. The third-order valence-corrected chi connectivity index (χ3v) is 5.68. The van der Waals surface area contributed by atoms with Crippen LogP contribution < -0.4 is 56.5 Å². The molecule has 0 saturated heterocycles. The number of hydrogen-bond donors (Lipinski definition) is 0. The zero-order valence-corrected chi connectivity index (χ0v) is 22.9. The Hall–Kier alpha value is 1.07. The van der Waals surface area contributed by atoms with Gasteiger partial charge in [0.05, 0.1) is 0 Å². The van der Waals surface area contributed by atoms with Crippen molar-refractivity contribution in [1.29, 1.82) is 0 Å². The Morgan fingerprint density at radius 3 is 1.32 bits per heavy atom. The summed E-state index contributed by atoms with van der Waals surface area (Å²) in [7, 11) is 0. The summed E-state index contributed by atoms with van der Waals surface area (Å²) in [6, 6.07) is 0.101. The third kappa shape index (κ3) is 21.8. The van der Waals surface area contributed by atoms with Crippen LogP contribution in [0.3, 0.4) is 0 Å². The van der Waals surface area contributed by atoms with Crippen LogP contribution in [0.2, 0.25) is 0 Å². The maximum Gasteiger partial charge on any atom is 1.00 e. The van der Waals surface area contributed by atoms with Gasteiger partial charge >= 0.3 is 51.4 Å². The molecule has 0 amide bonds. The summed E-state index contributed by atoms with van der Waals surface area (Å²) in [4.78, 5) is 13.4. The second kappa shape index (κ2) is 24.3. The molecule has 0 fully saturated rings. The molecule has 0 aliphatic rings. The summed E-state index contributed by atoms with van der Waals surface area (Å²) in [5, 5.41) is 11.0. The van der Waals surface area contributed by atoms with Crippen molar-refractivity contribution in [3.8, 4) is 0 Å². The molecule has 1 unspecified atom stereocenters. The van der Waals surface area contributed by atoms with E-state index in [0.717, 1.165) is 13.1 Å². The topological polar surface area (TPSA) is 43.4 Å². The molecule has 0 aromatic heterocycles. The van der Waals surface area contributed by atoms with E-state index in [0.29, 0.717) is 0 Å². The van der Waals surface area contributed by atoms with E-state index in [4.69, 9.17) is 0 Å². The van der Waals surface area contributed by atoms with Crippen molar-refractivity contribution in [2.24, 2.45) is 0 Å². The minimum atomic E-state index is -0.917. The van der Waals surface area contributed by atoms with Gasteiger partial charge in [0.15, 0.2) is 0 Å². The molecule has 0 aliphatic carbocycles. The van der Waals surface area contributed by atoms with E-state index in [9.17, 15) is 9.90 Å². The van der Waals surface area contributed by atoms with Crippen molar-refractivity contribution >= 4 is 5.97 Å². The second-order valence-electron chi connectivity index (χ2n) is 8.41. The first-order valence-electron chi connectivity index (χ1n) is 12.1. The maximum absolute atomic E-state index is 11.0. The van der Waals surface area contributed by atoms with Crippen molar-refractivity contribution in [1.82, 2.24) is 4.90 Å². The normalized spacial score (nSPS) is 12.1. The molecule has 0 aliphatic heterocycles. The van der Waals surface area contributed by atoms with Gasteiger partial charge in [-0.1, -0.05) is 104 Å². The van der Waals surface area contributed by atoms with Crippen LogP contribution in [-0.2, 0) is 4.79 Å². The van der Waals surface area contributed by atoms with Gasteiger partial charge in [-0.2, -0.15) is 0 Å². The Morgan fingerprint density at radius 2 is 1.00 bits per heavy atom. The van der Waals surface area contributed by atoms with Gasteiger partial charge in [0.25, 0.3) is 0 Å². The van der Waals surface area contributed by atoms with Crippen LogP contribution in [-0.4, -0.2) is 30.0 Å². The van der Waals surface area contributed by atoms with Gasteiger partial charge in [-0.3, -0.25) is 0 Å². The first kappa shape index (κ1) is 31.3. The number of carboxylic acids is 1. The summed E-state index contributed by atoms with van der Waals surface area (Å²) >= 11 is 0. The SMILES string of the molecule is CCCCCCCCCCN(CCCCCCCCCC)C(C)CC(=O)[O-].[K+]. The number of carbonyl (C=O) groups excluding carboxylic acids is 1. The van der Waals surface area contributed by atoms with Crippen molar-refractivity contribution in [3.63, 3.8) is 0 Å². The number of rotatable bonds is 21. The molecule has 0 rings (SSSR count). The molecule has 0 radical (unpaired) electrons. The van der Waals surface area contributed by atoms with Gasteiger partial charge < -0.3 is 14.8 Å². The molecule has 3 nitrogen and oxygen atoms in total. The van der Waals surface area contributed by atoms with E-state index in [2.05, 4.69) is 18.7 Å². The summed E-state index contributed by atoms with van der Waals surface area (Å²) in [5.74, 6) is -0.917. The van der Waals surface area contributed by atoms with E-state index in [1.807, 2.05) is 6.92 Å². The molecular formula is C24H48KNO2. The Kier molecular flexibility index (Phi) is 27.2. The molecule has 0 N–H and O–H groups in total. The van der Waals surface area contributed by atoms with Gasteiger partial charge in [-0.05, 0) is 32.9 Å². The average Bonchev–Trinajstić information content (AvgIpc) is 2.63. The molecule has 0 aromatic rings. The molecule has 28 heavy (non-hydrogen) atoms. The smallest absolute Gasteiger partial charge is 0.550 e. The van der Waals surface area contributed by atoms with E-state index in [1.165, 1.54) is 103 Å². The Morgan fingerprint density at radius 1 is 0.679 bits per heavy atom. The molecule has 0 aromatic carbocycles. The van der Waals surface area contributed by atoms with Gasteiger partial charge in [-0.25, -0.2) is 0 Å². The number of aliphatic carboxylic acids is 1. The first-order chi connectivity index (χ1) is 13.1. The van der Waals surface area contributed by atoms with Gasteiger partial charge in [0.2, 0.25) is 0 Å². The van der Waals surface area contributed by atoms with Crippen LogP contribution >= 0.6 is 0 Å². The van der Waals surface area contributed by atoms with Crippen LogP contribution in [0, 0.1) is 0 Å². The maximum atomic E-state index is 11.0. The second-order valence-corrected chi connectivity index (χ2v) is 8.41. The van der Waals surface area contributed by atoms with Crippen LogP contribution in [0.15, 0.2) is 0 Å². The Bertz CT molecular complexity index is 306. The number of carbonyl (C=O) groups is 1. The van der Waals surface area contributed by atoms with Crippen molar-refractivity contribution in [2.45, 2.75) is 136 Å². The summed E-state index contributed by atoms with van der Waals surface area (Å²) < 4.78 is 0. The average molecular weight is 422 g/mol. The van der Waals surface area contributed by atoms with Gasteiger partial charge in [-0.15, -0.1) is 0 Å². The Balaban J connectivity index is 0. The molecule has 0 bridgehead atoms.